The molecule has 0 aromatic carbocycles. The Morgan fingerprint density at radius 3 is 1.61 bits per heavy atom. The molecule has 5 heteroatoms. The van der Waals surface area contributed by atoms with E-state index in [4.69, 9.17) is 15.1 Å². The monoisotopic (exact) mass is 451 g/mol. The van der Waals surface area contributed by atoms with Crippen molar-refractivity contribution in [2.75, 3.05) is 46.6 Å². The smallest absolute Gasteiger partial charge is 0.0819 e. The summed E-state index contributed by atoms with van der Waals surface area (Å²) in [7, 11) is 1.73. The van der Waals surface area contributed by atoms with E-state index in [-0.39, 0.29) is 14.9 Å². The number of aliphatic hydroxyl groups excluding tert-OH is 1. The highest BCUT2D eigenvalue weighted by atomic mass is 17.1. The average Bonchev–Trinajstić information content (AvgIpc) is 3.25. The fourth-order valence-electron chi connectivity index (χ4n) is 3.33. The molecule has 0 aromatic heterocycles. The molecule has 0 aliphatic carbocycles. The van der Waals surface area contributed by atoms with Crippen molar-refractivity contribution in [1.29, 1.82) is 0 Å². The van der Waals surface area contributed by atoms with Gasteiger partial charge in [0.05, 0.1) is 6.61 Å². The van der Waals surface area contributed by atoms with Crippen LogP contribution in [-0.4, -0.2) is 61.8 Å². The van der Waals surface area contributed by atoms with Crippen LogP contribution >= 0.6 is 0 Å². The van der Waals surface area contributed by atoms with E-state index in [9.17, 15) is 0 Å². The van der Waals surface area contributed by atoms with Gasteiger partial charge >= 0.3 is 0 Å². The van der Waals surface area contributed by atoms with E-state index in [1.807, 2.05) is 0 Å². The average molecular weight is 452 g/mol. The van der Waals surface area contributed by atoms with Gasteiger partial charge in [-0.1, -0.05) is 86.5 Å². The van der Waals surface area contributed by atoms with E-state index < -0.39 is 0 Å². The number of aliphatic hydroxyl groups is 1. The van der Waals surface area contributed by atoms with Crippen molar-refractivity contribution in [3.8, 4) is 0 Å². The molecule has 2 N–H and O–H groups in total. The van der Waals surface area contributed by atoms with Gasteiger partial charge < -0.3 is 14.7 Å². The molecule has 0 amide bonds. The van der Waals surface area contributed by atoms with Crippen LogP contribution in [0.1, 0.15) is 125 Å². The number of hydrogen-bond acceptors (Lipinski definition) is 5. The molecule has 0 saturated carbocycles. The van der Waals surface area contributed by atoms with Crippen LogP contribution in [0.4, 0.5) is 0 Å². The van der Waals surface area contributed by atoms with Crippen LogP contribution in [0, 0.1) is 0 Å². The first-order valence-electron chi connectivity index (χ1n) is 12.3. The number of rotatable bonds is 17. The maximum absolute atomic E-state index is 8.42. The third-order valence-electron chi connectivity index (χ3n) is 5.08. The van der Waals surface area contributed by atoms with Crippen LogP contribution in [0.15, 0.2) is 0 Å². The Morgan fingerprint density at radius 1 is 0.677 bits per heavy atom. The lowest BCUT2D eigenvalue weighted by molar-refractivity contribution is -0.242. The molecule has 1 rings (SSSR count). The molecule has 0 radical (unpaired) electrons. The van der Waals surface area contributed by atoms with E-state index >= 15 is 0 Å². The van der Waals surface area contributed by atoms with E-state index in [0.717, 1.165) is 32.3 Å². The van der Waals surface area contributed by atoms with E-state index in [2.05, 4.69) is 23.6 Å². The quantitative estimate of drug-likeness (QED) is 0.136. The van der Waals surface area contributed by atoms with Crippen molar-refractivity contribution < 1.29 is 20.0 Å². The standard InChI is InChI=1S/C9H20O3.C8H18O.C7H15N.2CH4/c1-11-8-6-4-2-3-5-7-9-12-10;1-2-3-4-5-6-7-8-9;1-2-5-8-6-3-4-7-8;;/h10H,2-9H2,1H3;9H,2-8H2,1H3;2-7H2,1H3;2*1H4. The summed E-state index contributed by atoms with van der Waals surface area (Å²) in [4.78, 5) is 6.51. The van der Waals surface area contributed by atoms with Crippen LogP contribution in [-0.2, 0) is 9.62 Å². The predicted molar refractivity (Wildman–Crippen MR) is 138 cm³/mol. The zero-order chi connectivity index (χ0) is 21.8. The van der Waals surface area contributed by atoms with Gasteiger partial charge in [0.15, 0.2) is 0 Å². The highest BCUT2D eigenvalue weighted by molar-refractivity contribution is 4.64. The molecular formula is C26H61NO4. The number of unbranched alkanes of at least 4 members (excludes halogenated alkanes) is 10. The third-order valence-corrected chi connectivity index (χ3v) is 5.08. The van der Waals surface area contributed by atoms with Crippen molar-refractivity contribution in [3.63, 3.8) is 0 Å². The Labute approximate surface area is 196 Å². The molecule has 0 bridgehead atoms. The van der Waals surface area contributed by atoms with Crippen molar-refractivity contribution in [2.45, 2.75) is 125 Å². The molecule has 1 fully saturated rings. The lowest BCUT2D eigenvalue weighted by atomic mass is 10.1. The molecule has 31 heavy (non-hydrogen) atoms. The summed E-state index contributed by atoms with van der Waals surface area (Å²) in [6.45, 7) is 10.2. The van der Waals surface area contributed by atoms with Gasteiger partial charge in [0.1, 0.15) is 0 Å². The summed E-state index contributed by atoms with van der Waals surface area (Å²) in [5.41, 5.74) is 0. The molecular weight excluding hydrogens is 390 g/mol. The molecule has 0 unspecified atom stereocenters. The summed E-state index contributed by atoms with van der Waals surface area (Å²) in [5, 5.41) is 16.4. The third kappa shape index (κ3) is 37.4. The highest BCUT2D eigenvalue weighted by Gasteiger charge is 2.08. The molecule has 0 atom stereocenters. The Balaban J connectivity index is -0.000000174. The van der Waals surface area contributed by atoms with E-state index in [0.29, 0.717) is 13.2 Å². The van der Waals surface area contributed by atoms with E-state index in [1.54, 1.807) is 7.11 Å². The lowest BCUT2D eigenvalue weighted by Crippen LogP contribution is -2.19. The van der Waals surface area contributed by atoms with Crippen molar-refractivity contribution in [3.05, 3.63) is 0 Å². The van der Waals surface area contributed by atoms with Gasteiger partial charge in [-0.05, 0) is 58.2 Å². The molecule has 1 heterocycles. The van der Waals surface area contributed by atoms with Crippen LogP contribution < -0.4 is 0 Å². The first kappa shape index (κ1) is 38.1. The zero-order valence-corrected chi connectivity index (χ0v) is 20.0. The second kappa shape index (κ2) is 37.1. The molecule has 1 aliphatic heterocycles. The number of methoxy groups -OCH3 is 1. The Morgan fingerprint density at radius 2 is 1.16 bits per heavy atom. The summed E-state index contributed by atoms with van der Waals surface area (Å²) in [5.74, 6) is 0. The fraction of sp³-hybridized carbons (Fsp3) is 1.00. The van der Waals surface area contributed by atoms with E-state index in [1.165, 1.54) is 90.3 Å². The van der Waals surface area contributed by atoms with Gasteiger partial charge in [-0.25, -0.2) is 4.89 Å². The molecule has 194 valence electrons. The maximum Gasteiger partial charge on any atom is 0.0819 e. The van der Waals surface area contributed by atoms with Crippen molar-refractivity contribution in [1.82, 2.24) is 4.90 Å². The largest absolute Gasteiger partial charge is 0.396 e. The Kier molecular flexibility index (Phi) is 45.6. The predicted octanol–water partition coefficient (Wildman–Crippen LogP) is 7.57. The highest BCUT2D eigenvalue weighted by Crippen LogP contribution is 2.07. The molecule has 0 spiro atoms. The number of hydrogen-bond donors (Lipinski definition) is 2. The molecule has 5 nitrogen and oxygen atoms in total. The van der Waals surface area contributed by atoms with Crippen LogP contribution in [0.5, 0.6) is 0 Å². The minimum absolute atomic E-state index is 0. The normalized spacial score (nSPS) is 12.7. The van der Waals surface area contributed by atoms with Gasteiger partial charge in [0.2, 0.25) is 0 Å². The summed E-state index contributed by atoms with van der Waals surface area (Å²) >= 11 is 0. The number of ether oxygens (including phenoxy) is 1. The van der Waals surface area contributed by atoms with Crippen molar-refractivity contribution in [2.24, 2.45) is 0 Å². The Bertz CT molecular complexity index is 246. The number of nitrogens with zero attached hydrogens (tertiary/aromatic N) is 1. The number of likely N-dealkylation sites (tertiary alicyclic amines) is 1. The second-order valence-corrected chi connectivity index (χ2v) is 7.99. The van der Waals surface area contributed by atoms with Gasteiger partial charge in [0.25, 0.3) is 0 Å². The van der Waals surface area contributed by atoms with Gasteiger partial charge in [-0.15, -0.1) is 0 Å². The fourth-order valence-corrected chi connectivity index (χ4v) is 3.33. The SMILES string of the molecule is C.C.CCCCCCCCO.CCCN1CCCC1.COCCCCCCCCOO. The minimum Gasteiger partial charge on any atom is -0.396 e. The van der Waals surface area contributed by atoms with Crippen LogP contribution in [0.25, 0.3) is 0 Å². The molecule has 1 saturated heterocycles. The van der Waals surface area contributed by atoms with Crippen molar-refractivity contribution >= 4 is 0 Å². The summed E-state index contributed by atoms with van der Waals surface area (Å²) < 4.78 is 4.93. The first-order chi connectivity index (χ1) is 14.3. The minimum atomic E-state index is 0. The van der Waals surface area contributed by atoms with Crippen LogP contribution in [0.3, 0.4) is 0 Å². The second-order valence-electron chi connectivity index (χ2n) is 7.99. The van der Waals surface area contributed by atoms with Gasteiger partial charge in [-0.3, -0.25) is 5.26 Å². The summed E-state index contributed by atoms with van der Waals surface area (Å²) in [6, 6.07) is 0. The maximum atomic E-state index is 8.42. The molecule has 1 aliphatic rings. The Hall–Kier alpha value is -0.200. The van der Waals surface area contributed by atoms with Gasteiger partial charge in [0, 0.05) is 20.3 Å². The zero-order valence-electron chi connectivity index (χ0n) is 20.0. The van der Waals surface area contributed by atoms with Gasteiger partial charge in [-0.2, -0.15) is 0 Å². The van der Waals surface area contributed by atoms with Crippen LogP contribution in [0.2, 0.25) is 0 Å². The summed E-state index contributed by atoms with van der Waals surface area (Å²) in [6.07, 6.45) is 18.7. The first-order valence-corrected chi connectivity index (χ1v) is 12.3. The topological polar surface area (TPSA) is 62.2 Å². The molecule has 0 aromatic rings. The lowest BCUT2D eigenvalue weighted by Gasteiger charge is -2.11.